The van der Waals surface area contributed by atoms with Gasteiger partial charge in [0.2, 0.25) is 0 Å². The Bertz CT molecular complexity index is 3000. The first kappa shape index (κ1) is 33.9. The fraction of sp³-hybridized carbons (Fsp3) is 0.0357. The Kier molecular flexibility index (Phi) is 8.33. The average Bonchev–Trinajstić information content (AvgIpc) is 3.64. The Morgan fingerprint density at radius 2 is 0.828 bits per heavy atom. The van der Waals surface area contributed by atoms with E-state index in [4.69, 9.17) is 0 Å². The number of hydrogen-bond donors (Lipinski definition) is 0. The van der Waals surface area contributed by atoms with Gasteiger partial charge in [-0.25, -0.2) is 0 Å². The maximum absolute atomic E-state index is 2.45. The molecule has 1 aliphatic rings. The molecule has 1 heterocycles. The predicted molar refractivity (Wildman–Crippen MR) is 247 cm³/mol. The number of fused-ring (bicyclic) bond motifs is 5. The SMILES string of the molecule is C1=Cc2c(n(-c3ccc(-c4ccc(N(c5ccc(-c6cccc7ccccc67)cc5)c5ccc(-c6cccc7ccccc67)cc5)cc4)cc3)c3ccccc23)CC1. The van der Waals surface area contributed by atoms with Gasteiger partial charge in [0.1, 0.15) is 0 Å². The minimum absolute atomic E-state index is 1.05. The van der Waals surface area contributed by atoms with Crippen LogP contribution in [0.25, 0.3) is 77.6 Å². The predicted octanol–water partition coefficient (Wildman–Crippen LogP) is 15.4. The molecule has 0 radical (unpaired) electrons. The van der Waals surface area contributed by atoms with E-state index in [0.29, 0.717) is 0 Å². The molecule has 0 aliphatic heterocycles. The molecule has 1 aromatic heterocycles. The molecule has 274 valence electrons. The van der Waals surface area contributed by atoms with Gasteiger partial charge in [-0.2, -0.15) is 0 Å². The second-order valence-electron chi connectivity index (χ2n) is 15.2. The minimum atomic E-state index is 1.05. The number of benzene rings is 9. The van der Waals surface area contributed by atoms with Crippen LogP contribution in [0, 0.1) is 0 Å². The normalized spacial score (nSPS) is 12.3. The van der Waals surface area contributed by atoms with E-state index in [0.717, 1.165) is 29.9 Å². The summed E-state index contributed by atoms with van der Waals surface area (Å²) >= 11 is 0. The molecule has 11 rings (SSSR count). The molecule has 0 bridgehead atoms. The lowest BCUT2D eigenvalue weighted by Crippen LogP contribution is -2.09. The van der Waals surface area contributed by atoms with Gasteiger partial charge >= 0.3 is 0 Å². The number of hydrogen-bond acceptors (Lipinski definition) is 1. The monoisotopic (exact) mass is 740 g/mol. The first-order chi connectivity index (χ1) is 28.8. The summed E-state index contributed by atoms with van der Waals surface area (Å²) in [7, 11) is 0. The van der Waals surface area contributed by atoms with Crippen molar-refractivity contribution < 1.29 is 0 Å². The molecule has 2 heteroatoms. The molecule has 0 atom stereocenters. The van der Waals surface area contributed by atoms with E-state index in [9.17, 15) is 0 Å². The van der Waals surface area contributed by atoms with Gasteiger partial charge in [0.25, 0.3) is 0 Å². The molecule has 0 N–H and O–H groups in total. The molecule has 58 heavy (non-hydrogen) atoms. The van der Waals surface area contributed by atoms with Crippen molar-refractivity contribution >= 4 is 55.6 Å². The number of aromatic nitrogens is 1. The smallest absolute Gasteiger partial charge is 0.0537 e. The summed E-state index contributed by atoms with van der Waals surface area (Å²) in [6.45, 7) is 0. The third-order valence-electron chi connectivity index (χ3n) is 11.9. The van der Waals surface area contributed by atoms with Crippen LogP contribution in [-0.2, 0) is 6.42 Å². The van der Waals surface area contributed by atoms with Gasteiger partial charge in [-0.1, -0.05) is 164 Å². The van der Waals surface area contributed by atoms with Crippen LogP contribution >= 0.6 is 0 Å². The molecule has 0 spiro atoms. The van der Waals surface area contributed by atoms with Crippen LogP contribution in [-0.4, -0.2) is 4.57 Å². The van der Waals surface area contributed by atoms with Crippen LogP contribution in [0.2, 0.25) is 0 Å². The lowest BCUT2D eigenvalue weighted by atomic mass is 9.97. The maximum Gasteiger partial charge on any atom is 0.0537 e. The Hall–Kier alpha value is -7.42. The van der Waals surface area contributed by atoms with Crippen LogP contribution in [0.3, 0.4) is 0 Å². The van der Waals surface area contributed by atoms with Gasteiger partial charge in [0, 0.05) is 39.4 Å². The van der Waals surface area contributed by atoms with Gasteiger partial charge in [-0.3, -0.25) is 0 Å². The first-order valence-electron chi connectivity index (χ1n) is 20.2. The highest BCUT2D eigenvalue weighted by atomic mass is 15.1. The Labute approximate surface area is 339 Å². The summed E-state index contributed by atoms with van der Waals surface area (Å²) in [5.74, 6) is 0. The average molecular weight is 741 g/mol. The zero-order valence-electron chi connectivity index (χ0n) is 32.1. The standard InChI is InChI=1S/C56H40N2/c1-3-15-49-41(11-1)13-9-19-51(49)43-27-35-46(36-28-43)57(47-37-29-44(30-38-47)52-20-10-14-42-12-2-4-16-50(42)52)45-31-23-39(24-32-45)40-25-33-48(34-26-40)58-55-21-7-5-17-53(55)54-18-6-8-22-56(54)58/h1-7,9-21,23-38H,8,22H2. The molecule has 10 aromatic rings. The van der Waals surface area contributed by atoms with Crippen molar-refractivity contribution in [1.82, 2.24) is 4.57 Å². The van der Waals surface area contributed by atoms with E-state index in [2.05, 4.69) is 228 Å². The number of anilines is 3. The van der Waals surface area contributed by atoms with Crippen molar-refractivity contribution in [2.45, 2.75) is 12.8 Å². The Morgan fingerprint density at radius 3 is 1.38 bits per heavy atom. The zero-order valence-corrected chi connectivity index (χ0v) is 32.1. The van der Waals surface area contributed by atoms with Gasteiger partial charge < -0.3 is 9.47 Å². The molecule has 0 amide bonds. The van der Waals surface area contributed by atoms with Crippen molar-refractivity contribution in [2.75, 3.05) is 4.90 Å². The maximum atomic E-state index is 2.45. The van der Waals surface area contributed by atoms with E-state index < -0.39 is 0 Å². The molecule has 1 aliphatic carbocycles. The summed E-state index contributed by atoms with van der Waals surface area (Å²) in [4.78, 5) is 2.36. The van der Waals surface area contributed by atoms with E-state index in [1.807, 2.05) is 0 Å². The van der Waals surface area contributed by atoms with E-state index in [-0.39, 0.29) is 0 Å². The number of rotatable bonds is 7. The fourth-order valence-electron chi connectivity index (χ4n) is 9.05. The van der Waals surface area contributed by atoms with Crippen LogP contribution in [0.15, 0.2) is 212 Å². The molecule has 0 fully saturated rings. The summed E-state index contributed by atoms with van der Waals surface area (Å²) in [5.41, 5.74) is 15.8. The third kappa shape index (κ3) is 5.90. The Morgan fingerprint density at radius 1 is 0.379 bits per heavy atom. The van der Waals surface area contributed by atoms with Crippen molar-refractivity contribution in [3.05, 3.63) is 224 Å². The van der Waals surface area contributed by atoms with Gasteiger partial charge in [0.15, 0.2) is 0 Å². The van der Waals surface area contributed by atoms with Crippen molar-refractivity contribution in [3.8, 4) is 39.1 Å². The summed E-state index contributed by atoms with van der Waals surface area (Å²) in [6.07, 6.45) is 6.73. The molecule has 9 aromatic carbocycles. The largest absolute Gasteiger partial charge is 0.313 e. The number of para-hydroxylation sites is 1. The van der Waals surface area contributed by atoms with Gasteiger partial charge in [0.05, 0.1) is 5.52 Å². The quantitative estimate of drug-likeness (QED) is 0.158. The fourth-order valence-corrected chi connectivity index (χ4v) is 9.05. The van der Waals surface area contributed by atoms with Crippen molar-refractivity contribution in [3.63, 3.8) is 0 Å². The number of nitrogens with zero attached hydrogens (tertiary/aromatic N) is 2. The molecule has 0 saturated heterocycles. The molecule has 2 nitrogen and oxygen atoms in total. The topological polar surface area (TPSA) is 8.17 Å². The van der Waals surface area contributed by atoms with Crippen LogP contribution < -0.4 is 4.90 Å². The highest BCUT2D eigenvalue weighted by molar-refractivity contribution is 5.98. The van der Waals surface area contributed by atoms with E-state index in [1.165, 1.54) is 82.8 Å². The van der Waals surface area contributed by atoms with Gasteiger partial charge in [-0.05, 0) is 122 Å². The van der Waals surface area contributed by atoms with Crippen LogP contribution in [0.5, 0.6) is 0 Å². The molecule has 0 unspecified atom stereocenters. The lowest BCUT2D eigenvalue weighted by molar-refractivity contribution is 0.888. The van der Waals surface area contributed by atoms with Crippen LogP contribution in [0.1, 0.15) is 17.7 Å². The second-order valence-corrected chi connectivity index (χ2v) is 15.2. The van der Waals surface area contributed by atoms with Gasteiger partial charge in [-0.15, -0.1) is 0 Å². The highest BCUT2D eigenvalue weighted by Crippen LogP contribution is 2.40. The number of allylic oxidation sites excluding steroid dienone is 1. The lowest BCUT2D eigenvalue weighted by Gasteiger charge is -2.26. The van der Waals surface area contributed by atoms with Crippen molar-refractivity contribution in [1.29, 1.82) is 0 Å². The summed E-state index contributed by atoms with van der Waals surface area (Å²) in [5, 5.41) is 6.35. The van der Waals surface area contributed by atoms with Crippen molar-refractivity contribution in [2.24, 2.45) is 0 Å². The summed E-state index contributed by atoms with van der Waals surface area (Å²) in [6, 6.07) is 75.3. The Balaban J connectivity index is 0.950. The summed E-state index contributed by atoms with van der Waals surface area (Å²) < 4.78 is 2.45. The molecular formula is C56H40N2. The third-order valence-corrected chi connectivity index (χ3v) is 11.9. The van der Waals surface area contributed by atoms with E-state index >= 15 is 0 Å². The van der Waals surface area contributed by atoms with Crippen LogP contribution in [0.4, 0.5) is 17.1 Å². The highest BCUT2D eigenvalue weighted by Gasteiger charge is 2.19. The molecule has 0 saturated carbocycles. The second kappa shape index (κ2) is 14.3. The van der Waals surface area contributed by atoms with E-state index in [1.54, 1.807) is 0 Å². The zero-order chi connectivity index (χ0) is 38.4. The first-order valence-corrected chi connectivity index (χ1v) is 20.2. The molecular weight excluding hydrogens is 701 g/mol. The minimum Gasteiger partial charge on any atom is -0.313 e.